The van der Waals surface area contributed by atoms with Crippen molar-refractivity contribution in [3.63, 3.8) is 0 Å². The van der Waals surface area contributed by atoms with Gasteiger partial charge in [0.25, 0.3) is 6.43 Å². The highest BCUT2D eigenvalue weighted by Gasteiger charge is 2.22. The van der Waals surface area contributed by atoms with Gasteiger partial charge in [0.15, 0.2) is 10.8 Å². The molecule has 7 heteroatoms. The number of hydrogen-bond acceptors (Lipinski definition) is 4. The Labute approximate surface area is 95.4 Å². The summed E-state index contributed by atoms with van der Waals surface area (Å²) in [5, 5.41) is -0.201. The molecule has 1 aromatic rings. The average molecular weight is 251 g/mol. The molecule has 0 aliphatic heterocycles. The maximum absolute atomic E-state index is 12.6. The number of carbonyl (C=O) groups is 1. The first-order valence-electron chi connectivity index (χ1n) is 4.38. The summed E-state index contributed by atoms with van der Waals surface area (Å²) in [5.74, 6) is -0.945. The molecule has 0 unspecified atom stereocenters. The van der Waals surface area contributed by atoms with E-state index in [0.717, 1.165) is 6.07 Å². The van der Waals surface area contributed by atoms with Crippen LogP contribution in [0.2, 0.25) is 5.15 Å². The van der Waals surface area contributed by atoms with Crippen molar-refractivity contribution in [2.75, 3.05) is 12.3 Å². The topological polar surface area (TPSA) is 65.2 Å². The van der Waals surface area contributed by atoms with Crippen LogP contribution in [-0.2, 0) is 4.74 Å². The molecule has 0 aromatic carbocycles. The standard InChI is InChI=1S/C9H9ClF2N2O2/c1-2-16-9(15)6-4(8(11)12)3-5(13)7(10)14-6/h3,8H,2,13H2,1H3. The Morgan fingerprint density at radius 2 is 2.31 bits per heavy atom. The Balaban J connectivity index is 3.24. The Morgan fingerprint density at radius 3 is 2.81 bits per heavy atom. The summed E-state index contributed by atoms with van der Waals surface area (Å²) in [7, 11) is 0. The molecule has 1 aromatic heterocycles. The van der Waals surface area contributed by atoms with Gasteiger partial charge in [0.05, 0.1) is 17.9 Å². The molecule has 0 aliphatic rings. The van der Waals surface area contributed by atoms with Crippen LogP contribution in [0.1, 0.15) is 29.4 Å². The summed E-state index contributed by atoms with van der Waals surface area (Å²) in [6.45, 7) is 1.62. The molecule has 2 N–H and O–H groups in total. The molecule has 0 saturated carbocycles. The maximum atomic E-state index is 12.6. The van der Waals surface area contributed by atoms with Crippen molar-refractivity contribution in [2.24, 2.45) is 0 Å². The summed E-state index contributed by atoms with van der Waals surface area (Å²) >= 11 is 5.55. The van der Waals surface area contributed by atoms with Crippen molar-refractivity contribution in [1.29, 1.82) is 0 Å². The molecule has 88 valence electrons. The van der Waals surface area contributed by atoms with E-state index >= 15 is 0 Å². The van der Waals surface area contributed by atoms with Crippen LogP contribution >= 0.6 is 11.6 Å². The van der Waals surface area contributed by atoms with Gasteiger partial charge < -0.3 is 10.5 Å². The molecule has 0 spiro atoms. The van der Waals surface area contributed by atoms with Gasteiger partial charge in [-0.05, 0) is 13.0 Å². The zero-order valence-electron chi connectivity index (χ0n) is 8.34. The summed E-state index contributed by atoms with van der Waals surface area (Å²) in [6.07, 6.45) is -2.87. The molecule has 0 radical (unpaired) electrons. The van der Waals surface area contributed by atoms with E-state index in [1.807, 2.05) is 0 Å². The van der Waals surface area contributed by atoms with E-state index < -0.39 is 23.7 Å². The third kappa shape index (κ3) is 2.57. The second-order valence-electron chi connectivity index (χ2n) is 2.83. The lowest BCUT2D eigenvalue weighted by Gasteiger charge is -2.09. The van der Waals surface area contributed by atoms with Gasteiger partial charge in [-0.1, -0.05) is 11.6 Å². The average Bonchev–Trinajstić information content (AvgIpc) is 2.21. The molecule has 4 nitrogen and oxygen atoms in total. The fraction of sp³-hybridized carbons (Fsp3) is 0.333. The van der Waals surface area contributed by atoms with E-state index in [1.54, 1.807) is 6.92 Å². The normalized spacial score (nSPS) is 10.6. The third-order valence-corrected chi connectivity index (χ3v) is 2.04. The molecule has 1 heterocycles. The van der Waals surface area contributed by atoms with Crippen LogP contribution in [0.15, 0.2) is 6.07 Å². The number of nitrogens with zero attached hydrogens (tertiary/aromatic N) is 1. The number of carbonyl (C=O) groups excluding carboxylic acids is 1. The number of esters is 1. The first kappa shape index (κ1) is 12.6. The number of rotatable bonds is 3. The second kappa shape index (κ2) is 5.07. The largest absolute Gasteiger partial charge is 0.461 e. The highest BCUT2D eigenvalue weighted by molar-refractivity contribution is 6.32. The predicted molar refractivity (Wildman–Crippen MR) is 54.6 cm³/mol. The molecule has 0 aliphatic carbocycles. The van der Waals surface area contributed by atoms with E-state index in [0.29, 0.717) is 0 Å². The zero-order valence-corrected chi connectivity index (χ0v) is 9.09. The number of nitrogens with two attached hydrogens (primary N) is 1. The number of pyridine rings is 1. The molecular formula is C9H9ClF2N2O2. The van der Waals surface area contributed by atoms with Gasteiger partial charge >= 0.3 is 5.97 Å². The Hall–Kier alpha value is -1.43. The number of hydrogen-bond donors (Lipinski definition) is 1. The van der Waals surface area contributed by atoms with Gasteiger partial charge in [-0.2, -0.15) is 0 Å². The quantitative estimate of drug-likeness (QED) is 0.661. The minimum Gasteiger partial charge on any atom is -0.461 e. The summed E-state index contributed by atoms with van der Waals surface area (Å²) in [4.78, 5) is 14.8. The first-order valence-corrected chi connectivity index (χ1v) is 4.76. The van der Waals surface area contributed by atoms with Gasteiger partial charge in [0.2, 0.25) is 0 Å². The SMILES string of the molecule is CCOC(=O)c1nc(Cl)c(N)cc1C(F)F. The Morgan fingerprint density at radius 1 is 1.69 bits per heavy atom. The fourth-order valence-electron chi connectivity index (χ4n) is 1.05. The number of anilines is 1. The van der Waals surface area contributed by atoms with Crippen LogP contribution in [0, 0.1) is 0 Å². The number of halogens is 3. The smallest absolute Gasteiger partial charge is 0.357 e. The maximum Gasteiger partial charge on any atom is 0.357 e. The number of ether oxygens (including phenoxy) is 1. The van der Waals surface area contributed by atoms with Gasteiger partial charge in [0.1, 0.15) is 0 Å². The molecule has 16 heavy (non-hydrogen) atoms. The molecule has 1 rings (SSSR count). The zero-order chi connectivity index (χ0) is 12.3. The van der Waals surface area contributed by atoms with Crippen LogP contribution in [0.25, 0.3) is 0 Å². The lowest BCUT2D eigenvalue weighted by atomic mass is 10.2. The van der Waals surface area contributed by atoms with Crippen LogP contribution in [0.4, 0.5) is 14.5 Å². The Bertz CT molecular complexity index is 413. The molecule has 0 amide bonds. The predicted octanol–water partition coefficient (Wildman–Crippen LogP) is 2.43. The number of nitrogen functional groups attached to an aromatic ring is 1. The van der Waals surface area contributed by atoms with E-state index in [1.165, 1.54) is 0 Å². The first-order chi connectivity index (χ1) is 7.47. The second-order valence-corrected chi connectivity index (χ2v) is 3.19. The minimum atomic E-state index is -2.87. The summed E-state index contributed by atoms with van der Waals surface area (Å²) in [5.41, 5.74) is 4.13. The van der Waals surface area contributed by atoms with Gasteiger partial charge in [-0.15, -0.1) is 0 Å². The van der Waals surface area contributed by atoms with Crippen LogP contribution < -0.4 is 5.73 Å². The van der Waals surface area contributed by atoms with E-state index in [-0.39, 0.29) is 17.4 Å². The lowest BCUT2D eigenvalue weighted by Crippen LogP contribution is -2.12. The van der Waals surface area contributed by atoms with Crippen LogP contribution in [-0.4, -0.2) is 17.6 Å². The fourth-order valence-corrected chi connectivity index (χ4v) is 1.19. The van der Waals surface area contributed by atoms with Crippen LogP contribution in [0.3, 0.4) is 0 Å². The Kier molecular flexibility index (Phi) is 4.00. The molecule has 0 bridgehead atoms. The molecular weight excluding hydrogens is 242 g/mol. The molecule has 0 atom stereocenters. The number of aromatic nitrogens is 1. The lowest BCUT2D eigenvalue weighted by molar-refractivity contribution is 0.0507. The summed E-state index contributed by atoms with van der Waals surface area (Å²) in [6, 6.07) is 0.923. The van der Waals surface area contributed by atoms with Crippen molar-refractivity contribution in [3.8, 4) is 0 Å². The monoisotopic (exact) mass is 250 g/mol. The third-order valence-electron chi connectivity index (χ3n) is 1.74. The highest BCUT2D eigenvalue weighted by atomic mass is 35.5. The highest BCUT2D eigenvalue weighted by Crippen LogP contribution is 2.27. The van der Waals surface area contributed by atoms with E-state index in [4.69, 9.17) is 17.3 Å². The van der Waals surface area contributed by atoms with E-state index in [2.05, 4.69) is 9.72 Å². The molecule has 0 saturated heterocycles. The molecule has 0 fully saturated rings. The van der Waals surface area contributed by atoms with Gasteiger partial charge in [0, 0.05) is 0 Å². The van der Waals surface area contributed by atoms with Crippen molar-refractivity contribution >= 4 is 23.3 Å². The van der Waals surface area contributed by atoms with Crippen molar-refractivity contribution < 1.29 is 18.3 Å². The van der Waals surface area contributed by atoms with Gasteiger partial charge in [-0.25, -0.2) is 18.6 Å². The summed E-state index contributed by atoms with van der Waals surface area (Å²) < 4.78 is 29.8. The van der Waals surface area contributed by atoms with E-state index in [9.17, 15) is 13.6 Å². The number of alkyl halides is 2. The van der Waals surface area contributed by atoms with Gasteiger partial charge in [-0.3, -0.25) is 0 Å². The van der Waals surface area contributed by atoms with Crippen molar-refractivity contribution in [3.05, 3.63) is 22.5 Å². The van der Waals surface area contributed by atoms with Crippen LogP contribution in [0.5, 0.6) is 0 Å². The minimum absolute atomic E-state index is 0.0607. The van der Waals surface area contributed by atoms with Crippen molar-refractivity contribution in [2.45, 2.75) is 13.3 Å². The van der Waals surface area contributed by atoms with Crippen molar-refractivity contribution in [1.82, 2.24) is 4.98 Å².